The summed E-state index contributed by atoms with van der Waals surface area (Å²) in [6.07, 6.45) is 1.64. The number of nitrogens with zero attached hydrogens (tertiary/aromatic N) is 1. The summed E-state index contributed by atoms with van der Waals surface area (Å²) in [6, 6.07) is 5.51. The third-order valence-electron chi connectivity index (χ3n) is 2.14. The molecule has 0 fully saturated rings. The van der Waals surface area contributed by atoms with Crippen molar-refractivity contribution in [1.82, 2.24) is 4.31 Å². The Labute approximate surface area is 100 Å². The molecule has 1 aromatic rings. The minimum Gasteiger partial charge on any atom is -0.515 e. The second kappa shape index (κ2) is 5.11. The normalized spacial score (nSPS) is 12.2. The van der Waals surface area contributed by atoms with Gasteiger partial charge in [-0.1, -0.05) is 0 Å². The Hall–Kier alpha value is -1.66. The first-order valence-corrected chi connectivity index (χ1v) is 6.21. The zero-order valence-electron chi connectivity index (χ0n) is 9.49. The summed E-state index contributed by atoms with van der Waals surface area (Å²) >= 11 is 0. The topological polar surface area (TPSA) is 74.7 Å². The molecule has 0 unspecified atom stereocenters. The van der Waals surface area contributed by atoms with Crippen molar-refractivity contribution in [2.45, 2.75) is 4.90 Å². The van der Waals surface area contributed by atoms with Gasteiger partial charge < -0.3 is 5.11 Å². The lowest BCUT2D eigenvalue weighted by atomic mass is 10.1. The average molecular weight is 255 g/mol. The molecule has 92 valence electrons. The van der Waals surface area contributed by atoms with E-state index >= 15 is 0 Å². The van der Waals surface area contributed by atoms with Gasteiger partial charge in [-0.25, -0.2) is 12.7 Å². The molecule has 0 aliphatic rings. The predicted molar refractivity (Wildman–Crippen MR) is 63.4 cm³/mol. The molecule has 1 rings (SSSR count). The molecule has 0 saturated carbocycles. The number of benzene rings is 1. The van der Waals surface area contributed by atoms with Gasteiger partial charge in [0.1, 0.15) is 0 Å². The van der Waals surface area contributed by atoms with Gasteiger partial charge in [0.05, 0.1) is 11.2 Å². The van der Waals surface area contributed by atoms with E-state index < -0.39 is 10.0 Å². The van der Waals surface area contributed by atoms with E-state index in [4.69, 9.17) is 5.11 Å². The van der Waals surface area contributed by atoms with Gasteiger partial charge in [-0.3, -0.25) is 4.79 Å². The van der Waals surface area contributed by atoms with Gasteiger partial charge in [-0.05, 0) is 24.3 Å². The Morgan fingerprint density at radius 3 is 2.18 bits per heavy atom. The van der Waals surface area contributed by atoms with Crippen molar-refractivity contribution in [3.63, 3.8) is 0 Å². The van der Waals surface area contributed by atoms with Gasteiger partial charge >= 0.3 is 0 Å². The zero-order valence-corrected chi connectivity index (χ0v) is 10.3. The Bertz CT molecular complexity index is 529. The maximum absolute atomic E-state index is 11.7. The van der Waals surface area contributed by atoms with E-state index in [0.29, 0.717) is 11.8 Å². The molecule has 0 aromatic heterocycles. The lowest BCUT2D eigenvalue weighted by Gasteiger charge is -2.11. The van der Waals surface area contributed by atoms with E-state index in [0.717, 1.165) is 10.4 Å². The molecule has 6 heteroatoms. The number of carbonyl (C=O) groups is 1. The monoisotopic (exact) mass is 255 g/mol. The van der Waals surface area contributed by atoms with Crippen LogP contribution in [0.1, 0.15) is 10.4 Å². The summed E-state index contributed by atoms with van der Waals surface area (Å²) in [5, 5.41) is 8.45. The smallest absolute Gasteiger partial charge is 0.242 e. The summed E-state index contributed by atoms with van der Waals surface area (Å²) in [7, 11) is -0.610. The number of aliphatic hydroxyl groups excluding tert-OH is 1. The van der Waals surface area contributed by atoms with Crippen molar-refractivity contribution in [1.29, 1.82) is 0 Å². The van der Waals surface area contributed by atoms with Crippen LogP contribution < -0.4 is 0 Å². The fraction of sp³-hybridized carbons (Fsp3) is 0.182. The Morgan fingerprint density at radius 2 is 1.76 bits per heavy atom. The minimum atomic E-state index is -3.48. The van der Waals surface area contributed by atoms with Crippen molar-refractivity contribution < 1.29 is 18.3 Å². The van der Waals surface area contributed by atoms with Gasteiger partial charge in [0.2, 0.25) is 10.0 Å². The van der Waals surface area contributed by atoms with Crippen LogP contribution in [-0.4, -0.2) is 37.7 Å². The number of aliphatic hydroxyl groups is 1. The standard InChI is InChI=1S/C11H13NO4S/c1-12(2)17(15,16)10-5-3-9(4-6-10)11(14)7-8-13/h3-8,13H,1-2H3. The first kappa shape index (κ1) is 13.4. The van der Waals surface area contributed by atoms with E-state index in [2.05, 4.69) is 0 Å². The number of sulfonamides is 1. The van der Waals surface area contributed by atoms with Gasteiger partial charge in [-0.15, -0.1) is 0 Å². The largest absolute Gasteiger partial charge is 0.515 e. The van der Waals surface area contributed by atoms with E-state index in [9.17, 15) is 13.2 Å². The molecule has 0 radical (unpaired) electrons. The number of ketones is 1. The van der Waals surface area contributed by atoms with Crippen LogP contribution in [0.15, 0.2) is 41.5 Å². The van der Waals surface area contributed by atoms with Gasteiger partial charge in [0.15, 0.2) is 5.78 Å². The molecule has 5 nitrogen and oxygen atoms in total. The van der Waals surface area contributed by atoms with E-state index in [1.165, 1.54) is 38.4 Å². The van der Waals surface area contributed by atoms with Crippen LogP contribution in [0.5, 0.6) is 0 Å². The quantitative estimate of drug-likeness (QED) is 0.498. The second-order valence-corrected chi connectivity index (χ2v) is 5.64. The van der Waals surface area contributed by atoms with Crippen LogP contribution in [0.4, 0.5) is 0 Å². The highest BCUT2D eigenvalue weighted by molar-refractivity contribution is 7.89. The first-order chi connectivity index (χ1) is 7.89. The maximum Gasteiger partial charge on any atom is 0.242 e. The fourth-order valence-electron chi connectivity index (χ4n) is 1.17. The highest BCUT2D eigenvalue weighted by Crippen LogP contribution is 2.14. The van der Waals surface area contributed by atoms with Crippen LogP contribution in [0, 0.1) is 0 Å². The Morgan fingerprint density at radius 1 is 1.24 bits per heavy atom. The summed E-state index contributed by atoms with van der Waals surface area (Å²) in [4.78, 5) is 11.5. The third-order valence-corrected chi connectivity index (χ3v) is 3.97. The number of carbonyl (C=O) groups excluding carboxylic acids is 1. The molecule has 0 aliphatic heterocycles. The van der Waals surface area contributed by atoms with E-state index in [1.807, 2.05) is 0 Å². The molecule has 0 spiro atoms. The van der Waals surface area contributed by atoms with Crippen molar-refractivity contribution in [2.75, 3.05) is 14.1 Å². The molecule has 0 bridgehead atoms. The summed E-state index contributed by atoms with van der Waals surface area (Å²) < 4.78 is 24.5. The molecule has 0 aliphatic carbocycles. The van der Waals surface area contributed by atoms with E-state index in [-0.39, 0.29) is 10.7 Å². The zero-order chi connectivity index (χ0) is 13.1. The predicted octanol–water partition coefficient (Wildman–Crippen LogP) is 1.19. The van der Waals surface area contributed by atoms with Crippen LogP contribution in [0.2, 0.25) is 0 Å². The van der Waals surface area contributed by atoms with Crippen LogP contribution >= 0.6 is 0 Å². The third kappa shape index (κ3) is 2.92. The number of rotatable bonds is 4. The lowest BCUT2D eigenvalue weighted by Crippen LogP contribution is -2.22. The molecule has 17 heavy (non-hydrogen) atoms. The molecule has 1 N–H and O–H groups in total. The fourth-order valence-corrected chi connectivity index (χ4v) is 2.07. The second-order valence-electron chi connectivity index (χ2n) is 3.49. The minimum absolute atomic E-state index is 0.118. The summed E-state index contributed by atoms with van der Waals surface area (Å²) in [5.74, 6) is -0.388. The van der Waals surface area contributed by atoms with Gasteiger partial charge in [0.25, 0.3) is 0 Å². The van der Waals surface area contributed by atoms with Crippen molar-refractivity contribution in [3.8, 4) is 0 Å². The maximum atomic E-state index is 11.7. The summed E-state index contributed by atoms with van der Waals surface area (Å²) in [6.45, 7) is 0. The van der Waals surface area contributed by atoms with Crippen molar-refractivity contribution in [2.24, 2.45) is 0 Å². The van der Waals surface area contributed by atoms with Crippen molar-refractivity contribution in [3.05, 3.63) is 42.2 Å². The van der Waals surface area contributed by atoms with Gasteiger partial charge in [0, 0.05) is 25.7 Å². The van der Waals surface area contributed by atoms with Gasteiger partial charge in [-0.2, -0.15) is 0 Å². The molecule has 0 heterocycles. The first-order valence-electron chi connectivity index (χ1n) is 4.77. The highest BCUT2D eigenvalue weighted by Gasteiger charge is 2.16. The molecular formula is C11H13NO4S. The van der Waals surface area contributed by atoms with Crippen LogP contribution in [0.3, 0.4) is 0 Å². The molecule has 0 amide bonds. The molecule has 0 saturated heterocycles. The summed E-state index contributed by atoms with van der Waals surface area (Å²) in [5.41, 5.74) is 0.313. The lowest BCUT2D eigenvalue weighted by molar-refractivity contribution is 0.104. The van der Waals surface area contributed by atoms with Crippen molar-refractivity contribution >= 4 is 15.8 Å². The SMILES string of the molecule is CN(C)S(=O)(=O)c1ccc(C(=O)C=CO)cc1. The number of hydrogen-bond donors (Lipinski definition) is 1. The molecular weight excluding hydrogens is 242 g/mol. The van der Waals surface area contributed by atoms with Crippen LogP contribution in [-0.2, 0) is 10.0 Å². The number of allylic oxidation sites excluding steroid dienone is 1. The average Bonchev–Trinajstić information content (AvgIpc) is 2.29. The number of hydrogen-bond acceptors (Lipinski definition) is 4. The Kier molecular flexibility index (Phi) is 4.03. The van der Waals surface area contributed by atoms with Crippen LogP contribution in [0.25, 0.3) is 0 Å². The molecule has 1 aromatic carbocycles. The molecule has 0 atom stereocenters. The Balaban J connectivity index is 3.09. The van der Waals surface area contributed by atoms with E-state index in [1.54, 1.807) is 0 Å². The highest BCUT2D eigenvalue weighted by atomic mass is 32.2.